The number of fused-ring (bicyclic) bond motifs is 2. The number of carbonyl (C=O) groups is 2. The number of aliphatic hydroxyl groups is 1. The molecule has 5 atom stereocenters. The van der Waals surface area contributed by atoms with Gasteiger partial charge in [-0.3, -0.25) is 4.79 Å². The van der Waals surface area contributed by atoms with E-state index in [1.54, 1.807) is 0 Å². The van der Waals surface area contributed by atoms with E-state index >= 15 is 0 Å². The van der Waals surface area contributed by atoms with Gasteiger partial charge in [0.25, 0.3) is 0 Å². The average Bonchev–Trinajstić information content (AvgIpc) is 3.25. The Bertz CT molecular complexity index is 721. The Morgan fingerprint density at radius 1 is 1.36 bits per heavy atom. The fraction of sp³-hybridized carbons (Fsp3) is 0.636. The number of esters is 2. The van der Waals surface area contributed by atoms with Gasteiger partial charge in [0.2, 0.25) is 0 Å². The monoisotopic (exact) mass is 390 g/mol. The number of carbonyl (C=O) groups excluding carboxylic acids is 2. The van der Waals surface area contributed by atoms with Crippen LogP contribution in [0.3, 0.4) is 0 Å². The summed E-state index contributed by atoms with van der Waals surface area (Å²) in [6, 6.07) is 0. The molecule has 2 aliphatic heterocycles. The Morgan fingerprint density at radius 3 is 2.82 bits per heavy atom. The first kappa shape index (κ1) is 20.8. The summed E-state index contributed by atoms with van der Waals surface area (Å²) in [5.74, 6) is -1.13. The molecule has 3 rings (SSSR count). The molecule has 0 spiro atoms. The van der Waals surface area contributed by atoms with Crippen LogP contribution in [0.2, 0.25) is 0 Å². The predicted octanol–water partition coefficient (Wildman–Crippen LogP) is 3.00. The highest BCUT2D eigenvalue weighted by Gasteiger charge is 2.59. The predicted molar refractivity (Wildman–Crippen MR) is 103 cm³/mol. The fourth-order valence-corrected chi connectivity index (χ4v) is 4.15. The van der Waals surface area contributed by atoms with Gasteiger partial charge >= 0.3 is 11.9 Å². The average molecular weight is 390 g/mol. The van der Waals surface area contributed by atoms with Crippen molar-refractivity contribution in [2.45, 2.75) is 76.8 Å². The van der Waals surface area contributed by atoms with E-state index in [4.69, 9.17) is 14.2 Å². The maximum absolute atomic E-state index is 12.1. The van der Waals surface area contributed by atoms with Crippen LogP contribution in [0.25, 0.3) is 0 Å². The summed E-state index contributed by atoms with van der Waals surface area (Å²) in [7, 11) is 0. The van der Waals surface area contributed by atoms with E-state index in [9.17, 15) is 14.7 Å². The van der Waals surface area contributed by atoms with Gasteiger partial charge < -0.3 is 19.3 Å². The summed E-state index contributed by atoms with van der Waals surface area (Å²) >= 11 is 0. The SMILES string of the molecule is C=C1C(=O)O[C@@H]2[C@@H]1C[C@H]1O[C@]1(COC(C)=O)CC/C=C(/C)CC/C=C(/C)[C@H]2O. The first-order valence-electron chi connectivity index (χ1n) is 9.95. The largest absolute Gasteiger partial charge is 0.463 e. The molecule has 2 saturated heterocycles. The van der Waals surface area contributed by atoms with Crippen molar-refractivity contribution >= 4 is 11.9 Å². The lowest BCUT2D eigenvalue weighted by Crippen LogP contribution is -2.34. The maximum atomic E-state index is 12.1. The second kappa shape index (κ2) is 8.21. The minimum Gasteiger partial charge on any atom is -0.463 e. The lowest BCUT2D eigenvalue weighted by atomic mass is 9.84. The van der Waals surface area contributed by atoms with Gasteiger partial charge in [-0.25, -0.2) is 4.79 Å². The molecule has 0 bridgehead atoms. The first-order chi connectivity index (χ1) is 13.2. The molecule has 0 unspecified atom stereocenters. The van der Waals surface area contributed by atoms with Gasteiger partial charge in [-0.05, 0) is 51.5 Å². The van der Waals surface area contributed by atoms with E-state index in [1.807, 2.05) is 13.0 Å². The Morgan fingerprint density at radius 2 is 2.11 bits per heavy atom. The number of epoxide rings is 1. The minimum absolute atomic E-state index is 0.168. The summed E-state index contributed by atoms with van der Waals surface area (Å²) in [5.41, 5.74) is 1.90. The van der Waals surface area contributed by atoms with Gasteiger partial charge in [-0.2, -0.15) is 0 Å². The molecule has 2 fully saturated rings. The molecule has 0 amide bonds. The van der Waals surface area contributed by atoms with Crippen molar-refractivity contribution in [1.29, 1.82) is 0 Å². The standard InChI is InChI=1S/C22H30O6/c1-13-7-5-9-14(2)19(24)20-17(15(3)21(25)27-20)11-18-22(28-18,10-6-8-13)12-26-16(4)23/h8-9,17-20,24H,3,5-7,10-12H2,1-2,4H3/b13-8-,14-9-/t17-,18-,19-,20-,22+/m1/s1. The second-order valence-corrected chi connectivity index (χ2v) is 8.21. The Hall–Kier alpha value is -1.92. The highest BCUT2D eigenvalue weighted by atomic mass is 16.6. The van der Waals surface area contributed by atoms with Gasteiger partial charge in [0.05, 0.1) is 6.10 Å². The molecule has 2 heterocycles. The zero-order valence-electron chi connectivity index (χ0n) is 16.9. The van der Waals surface area contributed by atoms with Crippen LogP contribution in [0.4, 0.5) is 0 Å². The van der Waals surface area contributed by atoms with Gasteiger partial charge in [-0.15, -0.1) is 0 Å². The molecule has 0 radical (unpaired) electrons. The van der Waals surface area contributed by atoms with Crippen LogP contribution in [0.1, 0.15) is 52.9 Å². The summed E-state index contributed by atoms with van der Waals surface area (Å²) in [5, 5.41) is 10.8. The highest BCUT2D eigenvalue weighted by molar-refractivity contribution is 5.91. The van der Waals surface area contributed by atoms with Gasteiger partial charge in [0, 0.05) is 18.4 Å². The maximum Gasteiger partial charge on any atom is 0.334 e. The molecule has 1 N–H and O–H groups in total. The van der Waals surface area contributed by atoms with E-state index in [0.717, 1.165) is 31.3 Å². The number of rotatable bonds is 2. The van der Waals surface area contributed by atoms with Crippen LogP contribution in [0.15, 0.2) is 35.5 Å². The lowest BCUT2D eigenvalue weighted by molar-refractivity contribution is -0.143. The van der Waals surface area contributed by atoms with Crippen LogP contribution in [-0.2, 0) is 23.8 Å². The quantitative estimate of drug-likeness (QED) is 0.338. The molecule has 0 saturated carbocycles. The number of aliphatic hydroxyl groups excluding tert-OH is 1. The van der Waals surface area contributed by atoms with Crippen LogP contribution in [-0.4, -0.2) is 47.6 Å². The van der Waals surface area contributed by atoms with Crippen molar-refractivity contribution < 1.29 is 28.9 Å². The second-order valence-electron chi connectivity index (χ2n) is 8.21. The zero-order valence-corrected chi connectivity index (χ0v) is 16.9. The highest BCUT2D eigenvalue weighted by Crippen LogP contribution is 2.48. The van der Waals surface area contributed by atoms with Crippen molar-refractivity contribution in [2.75, 3.05) is 6.61 Å². The van der Waals surface area contributed by atoms with E-state index in [0.29, 0.717) is 12.0 Å². The van der Waals surface area contributed by atoms with Crippen LogP contribution in [0, 0.1) is 5.92 Å². The topological polar surface area (TPSA) is 85.4 Å². The van der Waals surface area contributed by atoms with Gasteiger partial charge in [-0.1, -0.05) is 24.3 Å². The summed E-state index contributed by atoms with van der Waals surface area (Å²) in [4.78, 5) is 23.4. The molecule has 1 aliphatic carbocycles. The van der Waals surface area contributed by atoms with Gasteiger partial charge in [0.1, 0.15) is 24.4 Å². The van der Waals surface area contributed by atoms with E-state index in [2.05, 4.69) is 19.6 Å². The third kappa shape index (κ3) is 4.39. The van der Waals surface area contributed by atoms with Crippen molar-refractivity contribution in [3.63, 3.8) is 0 Å². The number of hydrogen-bond acceptors (Lipinski definition) is 6. The van der Waals surface area contributed by atoms with E-state index in [1.165, 1.54) is 12.5 Å². The van der Waals surface area contributed by atoms with Crippen molar-refractivity contribution in [3.8, 4) is 0 Å². The molecule has 3 aliphatic rings. The molecular formula is C22H30O6. The molecule has 0 aromatic heterocycles. The Kier molecular flexibility index (Phi) is 6.10. The van der Waals surface area contributed by atoms with E-state index in [-0.39, 0.29) is 24.6 Å². The third-order valence-electron chi connectivity index (χ3n) is 6.09. The van der Waals surface area contributed by atoms with Crippen molar-refractivity contribution in [1.82, 2.24) is 0 Å². The Balaban J connectivity index is 1.85. The molecule has 28 heavy (non-hydrogen) atoms. The van der Waals surface area contributed by atoms with Crippen molar-refractivity contribution in [3.05, 3.63) is 35.5 Å². The van der Waals surface area contributed by atoms with Gasteiger partial charge in [0.15, 0.2) is 0 Å². The fourth-order valence-electron chi connectivity index (χ4n) is 4.15. The normalized spacial score (nSPS) is 40.0. The number of hydrogen-bond donors (Lipinski definition) is 1. The smallest absolute Gasteiger partial charge is 0.334 e. The summed E-state index contributed by atoms with van der Waals surface area (Å²) in [6.45, 7) is 9.42. The molecule has 0 aromatic rings. The molecular weight excluding hydrogens is 360 g/mol. The summed E-state index contributed by atoms with van der Waals surface area (Å²) in [6.07, 6.45) is 6.29. The van der Waals surface area contributed by atoms with Crippen LogP contribution >= 0.6 is 0 Å². The number of allylic oxidation sites excluding steroid dienone is 3. The molecule has 154 valence electrons. The zero-order chi connectivity index (χ0) is 20.5. The van der Waals surface area contributed by atoms with Crippen LogP contribution in [0.5, 0.6) is 0 Å². The Labute approximate surface area is 166 Å². The molecule has 6 nitrogen and oxygen atoms in total. The first-order valence-corrected chi connectivity index (χ1v) is 9.95. The molecule has 6 heteroatoms. The molecule has 0 aromatic carbocycles. The minimum atomic E-state index is -0.873. The lowest BCUT2D eigenvalue weighted by Gasteiger charge is -2.24. The third-order valence-corrected chi connectivity index (χ3v) is 6.09. The number of ether oxygens (including phenoxy) is 3. The van der Waals surface area contributed by atoms with Crippen LogP contribution < -0.4 is 0 Å². The van der Waals surface area contributed by atoms with Crippen molar-refractivity contribution in [2.24, 2.45) is 5.92 Å². The van der Waals surface area contributed by atoms with E-state index < -0.39 is 23.8 Å². The summed E-state index contributed by atoms with van der Waals surface area (Å²) < 4.78 is 16.7.